The number of likely N-dealkylation sites (N-methyl/N-ethyl adjacent to an activating group) is 1. The maximum Gasteiger partial charge on any atom is 0.243 e. The van der Waals surface area contributed by atoms with Crippen LogP contribution in [0.1, 0.15) is 24.0 Å². The summed E-state index contributed by atoms with van der Waals surface area (Å²) in [6.07, 6.45) is 4.25. The molecule has 1 heterocycles. The zero-order valence-electron chi connectivity index (χ0n) is 18.1. The minimum atomic E-state index is 0. The fourth-order valence-electron chi connectivity index (χ4n) is 3.17. The van der Waals surface area contributed by atoms with E-state index in [1.807, 2.05) is 0 Å². The molecule has 0 aromatic heterocycles. The Hall–Kier alpha value is -1.000. The summed E-state index contributed by atoms with van der Waals surface area (Å²) in [6.45, 7) is 6.36. The first-order chi connectivity index (χ1) is 13.5. The number of amides is 1. The van der Waals surface area contributed by atoms with Gasteiger partial charge < -0.3 is 15.5 Å². The highest BCUT2D eigenvalue weighted by Crippen LogP contribution is 2.16. The van der Waals surface area contributed by atoms with E-state index in [0.29, 0.717) is 6.04 Å². The van der Waals surface area contributed by atoms with E-state index in [1.54, 1.807) is 30.8 Å². The van der Waals surface area contributed by atoms with Crippen LogP contribution in [0, 0.1) is 6.92 Å². The van der Waals surface area contributed by atoms with Crippen LogP contribution in [0.4, 0.5) is 0 Å². The van der Waals surface area contributed by atoms with Gasteiger partial charge in [0.15, 0.2) is 5.96 Å². The Kier molecular flexibility index (Phi) is 12.6. The molecule has 8 heteroatoms. The van der Waals surface area contributed by atoms with E-state index >= 15 is 0 Å². The smallest absolute Gasteiger partial charge is 0.243 e. The lowest BCUT2D eigenvalue weighted by atomic mass is 10.0. The van der Waals surface area contributed by atoms with E-state index in [1.165, 1.54) is 11.1 Å². The SMILES string of the molecule is CSCCNC(=NCC(=O)N(C)C)NC1CCN(Cc2ccccc2C)CC1.I. The number of guanidine groups is 1. The molecular formula is C21H36IN5OS. The van der Waals surface area contributed by atoms with Crippen molar-refractivity contribution in [3.63, 3.8) is 0 Å². The predicted octanol–water partition coefficient (Wildman–Crippen LogP) is 2.56. The van der Waals surface area contributed by atoms with Gasteiger partial charge in [0.05, 0.1) is 0 Å². The average Bonchev–Trinajstić information content (AvgIpc) is 2.69. The molecule has 2 rings (SSSR count). The Bertz CT molecular complexity index is 648. The van der Waals surface area contributed by atoms with E-state index in [9.17, 15) is 4.79 Å². The van der Waals surface area contributed by atoms with Crippen molar-refractivity contribution in [2.45, 2.75) is 32.4 Å². The first kappa shape index (κ1) is 26.0. The van der Waals surface area contributed by atoms with E-state index in [2.05, 4.69) is 58.0 Å². The number of piperidine rings is 1. The molecule has 0 saturated carbocycles. The maximum atomic E-state index is 11.9. The van der Waals surface area contributed by atoms with Crippen LogP contribution in [0.2, 0.25) is 0 Å². The molecule has 1 aromatic rings. The number of rotatable bonds is 8. The number of thioether (sulfide) groups is 1. The molecule has 1 aliphatic rings. The Balaban J connectivity index is 0.00000420. The van der Waals surface area contributed by atoms with Gasteiger partial charge in [0.1, 0.15) is 6.54 Å². The first-order valence-corrected chi connectivity index (χ1v) is 11.4. The molecule has 0 spiro atoms. The molecule has 29 heavy (non-hydrogen) atoms. The Labute approximate surface area is 197 Å². The number of carbonyl (C=O) groups is 1. The molecule has 0 bridgehead atoms. The van der Waals surface area contributed by atoms with Crippen LogP contribution in [-0.4, -0.2) is 80.0 Å². The van der Waals surface area contributed by atoms with Crippen molar-refractivity contribution < 1.29 is 4.79 Å². The zero-order valence-corrected chi connectivity index (χ0v) is 21.3. The molecule has 0 aliphatic carbocycles. The molecule has 1 amide bonds. The van der Waals surface area contributed by atoms with Crippen LogP contribution in [0.25, 0.3) is 0 Å². The van der Waals surface area contributed by atoms with Crippen molar-refractivity contribution in [3.05, 3.63) is 35.4 Å². The number of aliphatic imine (C=N–C) groups is 1. The van der Waals surface area contributed by atoms with E-state index in [4.69, 9.17) is 0 Å². The van der Waals surface area contributed by atoms with Crippen LogP contribution in [0.3, 0.4) is 0 Å². The first-order valence-electron chi connectivity index (χ1n) is 10.0. The number of benzene rings is 1. The van der Waals surface area contributed by atoms with Gasteiger partial charge in [0.2, 0.25) is 5.91 Å². The summed E-state index contributed by atoms with van der Waals surface area (Å²) >= 11 is 1.79. The largest absolute Gasteiger partial charge is 0.356 e. The Morgan fingerprint density at radius 3 is 2.59 bits per heavy atom. The van der Waals surface area contributed by atoms with Gasteiger partial charge in [-0.05, 0) is 37.1 Å². The highest BCUT2D eigenvalue weighted by molar-refractivity contribution is 14.0. The van der Waals surface area contributed by atoms with Gasteiger partial charge in [-0.25, -0.2) is 4.99 Å². The number of nitrogens with one attached hydrogen (secondary N) is 2. The van der Waals surface area contributed by atoms with Crippen LogP contribution in [0.15, 0.2) is 29.3 Å². The van der Waals surface area contributed by atoms with Crippen molar-refractivity contribution in [1.29, 1.82) is 0 Å². The topological polar surface area (TPSA) is 60.0 Å². The Morgan fingerprint density at radius 1 is 1.28 bits per heavy atom. The number of likely N-dealkylation sites (tertiary alicyclic amines) is 1. The number of hydrogen-bond acceptors (Lipinski definition) is 4. The molecule has 1 saturated heterocycles. The molecule has 1 aromatic carbocycles. The van der Waals surface area contributed by atoms with Crippen LogP contribution in [0.5, 0.6) is 0 Å². The van der Waals surface area contributed by atoms with Crippen LogP contribution in [-0.2, 0) is 11.3 Å². The lowest BCUT2D eigenvalue weighted by Crippen LogP contribution is -2.49. The molecule has 2 N–H and O–H groups in total. The van der Waals surface area contributed by atoms with Gasteiger partial charge in [-0.15, -0.1) is 24.0 Å². The number of carbonyl (C=O) groups excluding carboxylic acids is 1. The summed E-state index contributed by atoms with van der Waals surface area (Å²) in [7, 11) is 3.52. The normalized spacial score (nSPS) is 15.5. The highest BCUT2D eigenvalue weighted by atomic mass is 127. The van der Waals surface area contributed by atoms with Crippen molar-refractivity contribution in [3.8, 4) is 0 Å². The summed E-state index contributed by atoms with van der Waals surface area (Å²) in [4.78, 5) is 20.5. The van der Waals surface area contributed by atoms with Crippen molar-refractivity contribution in [2.75, 3.05) is 52.3 Å². The van der Waals surface area contributed by atoms with Crippen LogP contribution >= 0.6 is 35.7 Å². The predicted molar refractivity (Wildman–Crippen MR) is 135 cm³/mol. The average molecular weight is 534 g/mol. The standard InChI is InChI=1S/C21H35N5OS.HI/c1-17-7-5-6-8-18(17)16-26-12-9-19(10-13-26)24-21(22-11-14-28-4)23-15-20(27)25(2)3;/h5-8,19H,9-16H2,1-4H3,(H2,22,23,24);1H. The van der Waals surface area contributed by atoms with Gasteiger partial charge in [-0.1, -0.05) is 24.3 Å². The van der Waals surface area contributed by atoms with Crippen LogP contribution < -0.4 is 10.6 Å². The molecule has 1 fully saturated rings. The molecule has 0 unspecified atom stereocenters. The quantitative estimate of drug-likeness (QED) is 0.233. The summed E-state index contributed by atoms with van der Waals surface area (Å²) in [6, 6.07) is 9.02. The highest BCUT2D eigenvalue weighted by Gasteiger charge is 2.20. The zero-order chi connectivity index (χ0) is 20.4. The second-order valence-corrected chi connectivity index (χ2v) is 8.48. The van der Waals surface area contributed by atoms with Crippen molar-refractivity contribution in [1.82, 2.24) is 20.4 Å². The maximum absolute atomic E-state index is 11.9. The Morgan fingerprint density at radius 2 is 1.97 bits per heavy atom. The van der Waals surface area contributed by atoms with Gasteiger partial charge in [-0.2, -0.15) is 11.8 Å². The minimum Gasteiger partial charge on any atom is -0.356 e. The fourth-order valence-corrected chi connectivity index (χ4v) is 3.48. The number of nitrogens with zero attached hydrogens (tertiary/aromatic N) is 3. The molecule has 164 valence electrons. The van der Waals surface area contributed by atoms with E-state index in [0.717, 1.165) is 50.7 Å². The monoisotopic (exact) mass is 533 g/mol. The summed E-state index contributed by atoms with van der Waals surface area (Å²) in [5.41, 5.74) is 2.78. The number of halogens is 1. The molecule has 0 atom stereocenters. The van der Waals surface area contributed by atoms with Gasteiger partial charge >= 0.3 is 0 Å². The number of aryl methyl sites for hydroxylation is 1. The van der Waals surface area contributed by atoms with Crippen molar-refractivity contribution >= 4 is 47.6 Å². The molecular weight excluding hydrogens is 497 g/mol. The fraction of sp³-hybridized carbons (Fsp3) is 0.619. The summed E-state index contributed by atoms with van der Waals surface area (Å²) in [5.74, 6) is 1.78. The molecule has 6 nitrogen and oxygen atoms in total. The molecule has 1 aliphatic heterocycles. The van der Waals surface area contributed by atoms with E-state index in [-0.39, 0.29) is 36.4 Å². The third-order valence-corrected chi connectivity index (χ3v) is 5.67. The third-order valence-electron chi connectivity index (χ3n) is 5.05. The van der Waals surface area contributed by atoms with Gasteiger partial charge in [0, 0.05) is 52.1 Å². The number of hydrogen-bond donors (Lipinski definition) is 2. The second-order valence-electron chi connectivity index (χ2n) is 7.49. The third kappa shape index (κ3) is 9.57. The lowest BCUT2D eigenvalue weighted by Gasteiger charge is -2.33. The minimum absolute atomic E-state index is 0. The van der Waals surface area contributed by atoms with E-state index < -0.39 is 0 Å². The molecule has 0 radical (unpaired) electrons. The summed E-state index contributed by atoms with van der Waals surface area (Å²) in [5, 5.41) is 6.89. The second kappa shape index (κ2) is 14.1. The van der Waals surface area contributed by atoms with Gasteiger partial charge in [-0.3, -0.25) is 9.69 Å². The summed E-state index contributed by atoms with van der Waals surface area (Å²) < 4.78 is 0. The lowest BCUT2D eigenvalue weighted by molar-refractivity contribution is -0.127. The van der Waals surface area contributed by atoms with Gasteiger partial charge in [0.25, 0.3) is 0 Å². The van der Waals surface area contributed by atoms with Crippen molar-refractivity contribution in [2.24, 2.45) is 4.99 Å².